The zero-order valence-corrected chi connectivity index (χ0v) is 16.2. The number of carbonyl (C=O) groups is 4. The van der Waals surface area contributed by atoms with Gasteiger partial charge in [-0.1, -0.05) is 0 Å². The van der Waals surface area contributed by atoms with Crippen LogP contribution in [0.5, 0.6) is 0 Å². The van der Waals surface area contributed by atoms with Crippen molar-refractivity contribution in [3.05, 3.63) is 0 Å². The molecule has 1 rings (SSSR count). The molecule has 0 aromatic carbocycles. The van der Waals surface area contributed by atoms with E-state index in [-0.39, 0.29) is 18.8 Å². The van der Waals surface area contributed by atoms with Crippen molar-refractivity contribution in [1.29, 1.82) is 0 Å². The van der Waals surface area contributed by atoms with Crippen molar-refractivity contribution in [2.45, 2.75) is 78.0 Å². The molecule has 9 nitrogen and oxygen atoms in total. The van der Waals surface area contributed by atoms with Gasteiger partial charge in [-0.3, -0.25) is 14.4 Å². The first-order valence-corrected chi connectivity index (χ1v) is 8.93. The summed E-state index contributed by atoms with van der Waals surface area (Å²) in [5.74, 6) is -1.51. The smallest absolute Gasteiger partial charge is 0.303 e. The fraction of sp³-hybridized carbons (Fsp3) is 0.778. The van der Waals surface area contributed by atoms with Gasteiger partial charge in [-0.05, 0) is 19.8 Å². The van der Waals surface area contributed by atoms with E-state index in [1.165, 1.54) is 27.7 Å². The van der Waals surface area contributed by atoms with E-state index in [9.17, 15) is 19.2 Å². The fourth-order valence-corrected chi connectivity index (χ4v) is 2.69. The fourth-order valence-electron chi connectivity index (χ4n) is 2.69. The Balaban J connectivity index is 2.74. The van der Waals surface area contributed by atoms with Crippen LogP contribution in [0.3, 0.4) is 0 Å². The highest BCUT2D eigenvalue weighted by atomic mass is 16.7. The van der Waals surface area contributed by atoms with Gasteiger partial charge in [-0.25, -0.2) is 0 Å². The number of hydrogen-bond donors (Lipinski definition) is 0. The van der Waals surface area contributed by atoms with Gasteiger partial charge in [0.05, 0.1) is 0 Å². The molecule has 0 radical (unpaired) electrons. The van der Waals surface area contributed by atoms with Crippen molar-refractivity contribution in [3.8, 4) is 0 Å². The maximum Gasteiger partial charge on any atom is 0.303 e. The molecule has 0 amide bonds. The first-order chi connectivity index (χ1) is 12.7. The minimum absolute atomic E-state index is 0.115. The van der Waals surface area contributed by atoms with E-state index < -0.39 is 42.5 Å². The second kappa shape index (κ2) is 11.7. The Labute approximate surface area is 158 Å². The average molecular weight is 388 g/mol. The predicted molar refractivity (Wildman–Crippen MR) is 91.5 cm³/mol. The van der Waals surface area contributed by atoms with Gasteiger partial charge in [0.2, 0.25) is 0 Å². The lowest BCUT2D eigenvalue weighted by Crippen LogP contribution is -2.54. The normalized spacial score (nSPS) is 24.7. The maximum absolute atomic E-state index is 11.4. The molecule has 0 aliphatic carbocycles. The second-order valence-corrected chi connectivity index (χ2v) is 6.39. The quantitative estimate of drug-likeness (QED) is 0.310. The van der Waals surface area contributed by atoms with Gasteiger partial charge in [0, 0.05) is 40.2 Å². The van der Waals surface area contributed by atoms with E-state index >= 15 is 0 Å². The number of carbonyl (C=O) groups excluding carboxylic acids is 4. The van der Waals surface area contributed by atoms with Gasteiger partial charge >= 0.3 is 17.9 Å². The second-order valence-electron chi connectivity index (χ2n) is 6.39. The van der Waals surface area contributed by atoms with Crippen molar-refractivity contribution in [3.63, 3.8) is 0 Å². The summed E-state index contributed by atoms with van der Waals surface area (Å²) in [6.45, 7) is 5.43. The molecule has 0 aromatic heterocycles. The van der Waals surface area contributed by atoms with Crippen LogP contribution in [0.15, 0.2) is 0 Å². The third kappa shape index (κ3) is 9.48. The molecule has 0 N–H and O–H groups in total. The number of hydrogen-bond acceptors (Lipinski definition) is 9. The summed E-state index contributed by atoms with van der Waals surface area (Å²) in [6.07, 6.45) is -1.25. The van der Waals surface area contributed by atoms with E-state index in [0.717, 1.165) is 0 Å². The lowest BCUT2D eigenvalue weighted by molar-refractivity contribution is -0.266. The molecule has 154 valence electrons. The van der Waals surface area contributed by atoms with Gasteiger partial charge in [-0.2, -0.15) is 0 Å². The summed E-state index contributed by atoms with van der Waals surface area (Å²) in [6, 6.07) is 0. The summed E-state index contributed by atoms with van der Waals surface area (Å²) in [4.78, 5) is 44.9. The van der Waals surface area contributed by atoms with Gasteiger partial charge < -0.3 is 28.5 Å². The van der Waals surface area contributed by atoms with Crippen LogP contribution in [0, 0.1) is 0 Å². The summed E-state index contributed by atoms with van der Waals surface area (Å²) in [5, 5.41) is 0. The topological polar surface area (TPSA) is 114 Å². The van der Waals surface area contributed by atoms with Crippen LogP contribution in [0.2, 0.25) is 0 Å². The summed E-state index contributed by atoms with van der Waals surface area (Å²) >= 11 is 0. The van der Waals surface area contributed by atoms with Crippen LogP contribution in [-0.2, 0) is 42.9 Å². The highest BCUT2D eigenvalue weighted by molar-refractivity contribution is 5.75. The minimum atomic E-state index is -0.914. The zero-order valence-electron chi connectivity index (χ0n) is 16.2. The van der Waals surface area contributed by atoms with E-state index in [1.54, 1.807) is 0 Å². The minimum Gasteiger partial charge on any atom is -0.463 e. The molecule has 1 saturated heterocycles. The SMILES string of the molecule is CC(=O)CCCCO[C@H]1C[C@@H](OC(C)=O)[C@@H](OC(C)=O)[C@@H](COC(C)=O)O1. The van der Waals surface area contributed by atoms with Crippen LogP contribution in [0.4, 0.5) is 0 Å². The van der Waals surface area contributed by atoms with Crippen molar-refractivity contribution < 1.29 is 42.9 Å². The predicted octanol–water partition coefficient (Wildman–Crippen LogP) is 1.30. The molecule has 9 heteroatoms. The largest absolute Gasteiger partial charge is 0.463 e. The van der Waals surface area contributed by atoms with E-state index in [1.807, 2.05) is 0 Å². The maximum atomic E-state index is 11.4. The molecular formula is C18H28O9. The lowest BCUT2D eigenvalue weighted by Gasteiger charge is -2.39. The number of unbranched alkanes of at least 4 members (excludes halogenated alkanes) is 1. The average Bonchev–Trinajstić information content (AvgIpc) is 2.53. The number of Topliss-reactive ketones (excluding diaryl/α,β-unsaturated/α-hetero) is 1. The Morgan fingerprint density at radius 2 is 1.59 bits per heavy atom. The molecule has 0 saturated carbocycles. The van der Waals surface area contributed by atoms with Gasteiger partial charge in [0.1, 0.15) is 24.6 Å². The number of ketones is 1. The van der Waals surface area contributed by atoms with Crippen LogP contribution < -0.4 is 0 Å². The molecule has 1 fully saturated rings. The number of ether oxygens (including phenoxy) is 5. The van der Waals surface area contributed by atoms with Crippen molar-refractivity contribution >= 4 is 23.7 Å². The summed E-state index contributed by atoms with van der Waals surface area (Å²) in [7, 11) is 0. The Morgan fingerprint density at radius 1 is 0.926 bits per heavy atom. The molecule has 1 aliphatic rings. The Kier molecular flexibility index (Phi) is 9.95. The highest BCUT2D eigenvalue weighted by Gasteiger charge is 2.44. The Morgan fingerprint density at radius 3 is 2.15 bits per heavy atom. The summed E-state index contributed by atoms with van der Waals surface area (Å²) in [5.41, 5.74) is 0. The lowest BCUT2D eigenvalue weighted by atomic mass is 10.0. The van der Waals surface area contributed by atoms with E-state index in [0.29, 0.717) is 25.9 Å². The standard InChI is InChI=1S/C18H28O9/c1-11(19)7-5-6-8-23-17-9-15(25-13(3)21)18(26-14(4)22)16(27-17)10-24-12(2)20/h15-18H,5-10H2,1-4H3/t15-,16-,17-,18-/m1/s1. The van der Waals surface area contributed by atoms with Crippen LogP contribution in [0.1, 0.15) is 53.4 Å². The zero-order chi connectivity index (χ0) is 20.4. The third-order valence-corrected chi connectivity index (χ3v) is 3.78. The van der Waals surface area contributed by atoms with Gasteiger partial charge in [0.15, 0.2) is 12.4 Å². The molecule has 1 heterocycles. The molecule has 0 aromatic rings. The summed E-state index contributed by atoms with van der Waals surface area (Å²) < 4.78 is 26.9. The number of rotatable bonds is 10. The van der Waals surface area contributed by atoms with Crippen molar-refractivity contribution in [2.24, 2.45) is 0 Å². The Bertz CT molecular complexity index is 531. The third-order valence-electron chi connectivity index (χ3n) is 3.78. The van der Waals surface area contributed by atoms with E-state index in [2.05, 4.69) is 0 Å². The van der Waals surface area contributed by atoms with Gasteiger partial charge in [-0.15, -0.1) is 0 Å². The first-order valence-electron chi connectivity index (χ1n) is 8.93. The molecule has 0 spiro atoms. The molecule has 0 bridgehead atoms. The molecule has 1 aliphatic heterocycles. The van der Waals surface area contributed by atoms with E-state index in [4.69, 9.17) is 23.7 Å². The molecule has 0 unspecified atom stereocenters. The number of esters is 3. The monoisotopic (exact) mass is 388 g/mol. The Hall–Kier alpha value is -2.00. The van der Waals surface area contributed by atoms with Crippen molar-refractivity contribution in [2.75, 3.05) is 13.2 Å². The first kappa shape index (κ1) is 23.0. The van der Waals surface area contributed by atoms with Crippen LogP contribution in [0.25, 0.3) is 0 Å². The molecule has 4 atom stereocenters. The van der Waals surface area contributed by atoms with Crippen molar-refractivity contribution in [1.82, 2.24) is 0 Å². The van der Waals surface area contributed by atoms with Crippen LogP contribution >= 0.6 is 0 Å². The molecule has 27 heavy (non-hydrogen) atoms. The molecular weight excluding hydrogens is 360 g/mol. The highest BCUT2D eigenvalue weighted by Crippen LogP contribution is 2.27. The van der Waals surface area contributed by atoms with Gasteiger partial charge in [0.25, 0.3) is 0 Å². The van der Waals surface area contributed by atoms with Crippen LogP contribution in [-0.4, -0.2) is 61.5 Å².